The molecule has 0 aliphatic heterocycles. The highest BCUT2D eigenvalue weighted by molar-refractivity contribution is 7.15. The monoisotopic (exact) mass is 277 g/mol. The Kier molecular flexibility index (Phi) is 4.39. The molecule has 0 saturated carbocycles. The van der Waals surface area contributed by atoms with Crippen LogP contribution in [0.2, 0.25) is 0 Å². The van der Waals surface area contributed by atoms with Gasteiger partial charge in [0.25, 0.3) is 0 Å². The zero-order valence-corrected chi connectivity index (χ0v) is 12.5. The van der Waals surface area contributed by atoms with Gasteiger partial charge in [-0.05, 0) is 26.1 Å². The molecule has 19 heavy (non-hydrogen) atoms. The molecule has 102 valence electrons. The fourth-order valence-corrected chi connectivity index (χ4v) is 2.66. The van der Waals surface area contributed by atoms with Gasteiger partial charge in [0.05, 0.1) is 7.11 Å². The quantitative estimate of drug-likeness (QED) is 0.910. The molecule has 1 N–H and O–H groups in total. The summed E-state index contributed by atoms with van der Waals surface area (Å²) in [6, 6.07) is 8.29. The van der Waals surface area contributed by atoms with Crippen LogP contribution < -0.4 is 15.0 Å². The Balaban J connectivity index is 2.23. The highest BCUT2D eigenvalue weighted by Crippen LogP contribution is 2.32. The van der Waals surface area contributed by atoms with E-state index in [1.807, 2.05) is 44.6 Å². The van der Waals surface area contributed by atoms with E-state index in [0.717, 1.165) is 16.6 Å². The number of nitrogens with zero attached hydrogens (tertiary/aromatic N) is 2. The first kappa shape index (κ1) is 13.8. The van der Waals surface area contributed by atoms with Gasteiger partial charge in [-0.25, -0.2) is 4.98 Å². The summed E-state index contributed by atoms with van der Waals surface area (Å²) in [5.74, 6) is 0.852. The summed E-state index contributed by atoms with van der Waals surface area (Å²) in [7, 11) is 5.65. The highest BCUT2D eigenvalue weighted by atomic mass is 32.1. The molecule has 1 atom stereocenters. The summed E-state index contributed by atoms with van der Waals surface area (Å²) in [5.41, 5.74) is 1.07. The van der Waals surface area contributed by atoms with Crippen molar-refractivity contribution < 1.29 is 4.74 Å². The summed E-state index contributed by atoms with van der Waals surface area (Å²) in [4.78, 5) is 7.78. The number of aromatic nitrogens is 1. The molecule has 2 rings (SSSR count). The van der Waals surface area contributed by atoms with Crippen LogP contribution in [-0.4, -0.2) is 26.2 Å². The second kappa shape index (κ2) is 6.04. The van der Waals surface area contributed by atoms with Crippen molar-refractivity contribution in [2.75, 3.05) is 26.1 Å². The van der Waals surface area contributed by atoms with E-state index < -0.39 is 0 Å². The minimum absolute atomic E-state index is 0.324. The predicted molar refractivity (Wildman–Crippen MR) is 80.6 cm³/mol. The molecule has 1 aromatic heterocycles. The van der Waals surface area contributed by atoms with Crippen LogP contribution in [0.25, 0.3) is 0 Å². The van der Waals surface area contributed by atoms with Gasteiger partial charge in [-0.1, -0.05) is 17.4 Å². The lowest BCUT2D eigenvalue weighted by Crippen LogP contribution is -2.10. The molecule has 0 radical (unpaired) electrons. The summed E-state index contributed by atoms with van der Waals surface area (Å²) in [5, 5.41) is 4.20. The molecule has 0 saturated heterocycles. The van der Waals surface area contributed by atoms with Gasteiger partial charge in [-0.3, -0.25) is 0 Å². The van der Waals surface area contributed by atoms with Crippen molar-refractivity contribution in [3.8, 4) is 5.75 Å². The average molecular weight is 277 g/mol. The molecular weight excluding hydrogens is 258 g/mol. The van der Waals surface area contributed by atoms with Crippen LogP contribution in [0.1, 0.15) is 17.8 Å². The number of hydrogen-bond donors (Lipinski definition) is 1. The lowest BCUT2D eigenvalue weighted by molar-refractivity contribution is 0.415. The highest BCUT2D eigenvalue weighted by Gasteiger charge is 2.12. The smallest absolute Gasteiger partial charge is 0.189 e. The Morgan fingerprint density at radius 3 is 2.89 bits per heavy atom. The first-order valence-corrected chi connectivity index (χ1v) is 6.98. The molecular formula is C14H19N3OS. The van der Waals surface area contributed by atoms with E-state index in [4.69, 9.17) is 4.74 Å². The maximum Gasteiger partial charge on any atom is 0.189 e. The topological polar surface area (TPSA) is 37.4 Å². The standard InChI is InChI=1S/C14H19N3OS/c1-10(15-2)13-9-16-14(19-13)17(3)11-6-5-7-12(8-11)18-4/h5-10,15H,1-4H3. The van der Waals surface area contributed by atoms with E-state index in [0.29, 0.717) is 6.04 Å². The molecule has 1 heterocycles. The summed E-state index contributed by atoms with van der Waals surface area (Å²) in [6.45, 7) is 2.13. The van der Waals surface area contributed by atoms with Gasteiger partial charge >= 0.3 is 0 Å². The van der Waals surface area contributed by atoms with Crippen molar-refractivity contribution in [1.82, 2.24) is 10.3 Å². The number of thiazole rings is 1. The number of hydrogen-bond acceptors (Lipinski definition) is 5. The SMILES string of the molecule is CNC(C)c1cnc(N(C)c2cccc(OC)c2)s1. The lowest BCUT2D eigenvalue weighted by atomic mass is 10.3. The molecule has 0 amide bonds. The number of methoxy groups -OCH3 is 1. The number of rotatable bonds is 5. The second-order valence-electron chi connectivity index (χ2n) is 4.32. The van der Waals surface area contributed by atoms with Crippen molar-refractivity contribution in [2.45, 2.75) is 13.0 Å². The summed E-state index contributed by atoms with van der Waals surface area (Å²) >= 11 is 1.69. The van der Waals surface area contributed by atoms with Crippen molar-refractivity contribution in [2.24, 2.45) is 0 Å². The minimum Gasteiger partial charge on any atom is -0.497 e. The zero-order chi connectivity index (χ0) is 13.8. The Labute approximate surface area is 118 Å². The van der Waals surface area contributed by atoms with Crippen LogP contribution >= 0.6 is 11.3 Å². The van der Waals surface area contributed by atoms with Crippen LogP contribution in [0.15, 0.2) is 30.5 Å². The maximum absolute atomic E-state index is 5.25. The van der Waals surface area contributed by atoms with E-state index in [-0.39, 0.29) is 0 Å². The molecule has 4 nitrogen and oxygen atoms in total. The Morgan fingerprint density at radius 2 is 2.21 bits per heavy atom. The molecule has 0 spiro atoms. The van der Waals surface area contributed by atoms with E-state index in [9.17, 15) is 0 Å². The largest absolute Gasteiger partial charge is 0.497 e. The van der Waals surface area contributed by atoms with E-state index in [1.165, 1.54) is 4.88 Å². The molecule has 0 bridgehead atoms. The number of benzene rings is 1. The van der Waals surface area contributed by atoms with Crippen molar-refractivity contribution in [3.63, 3.8) is 0 Å². The number of anilines is 2. The second-order valence-corrected chi connectivity index (χ2v) is 5.36. The Bertz CT molecular complexity index is 541. The fraction of sp³-hybridized carbons (Fsp3) is 0.357. The van der Waals surface area contributed by atoms with Gasteiger partial charge in [-0.2, -0.15) is 0 Å². The third-order valence-corrected chi connectivity index (χ3v) is 4.36. The van der Waals surface area contributed by atoms with Crippen LogP contribution in [0.3, 0.4) is 0 Å². The first-order chi connectivity index (χ1) is 9.15. The maximum atomic E-state index is 5.25. The number of nitrogens with one attached hydrogen (secondary N) is 1. The predicted octanol–water partition coefficient (Wildman–Crippen LogP) is 3.20. The van der Waals surface area contributed by atoms with Crippen LogP contribution in [0, 0.1) is 0 Å². The zero-order valence-electron chi connectivity index (χ0n) is 11.7. The van der Waals surface area contributed by atoms with E-state index in [1.54, 1.807) is 18.4 Å². The van der Waals surface area contributed by atoms with Crippen molar-refractivity contribution in [1.29, 1.82) is 0 Å². The van der Waals surface area contributed by atoms with Gasteiger partial charge in [0.1, 0.15) is 5.75 Å². The number of ether oxygens (including phenoxy) is 1. The van der Waals surface area contributed by atoms with Crippen LogP contribution in [0.5, 0.6) is 5.75 Å². The molecule has 0 aliphatic rings. The summed E-state index contributed by atoms with van der Waals surface area (Å²) in [6.07, 6.45) is 1.93. The average Bonchev–Trinajstić information content (AvgIpc) is 2.95. The lowest BCUT2D eigenvalue weighted by Gasteiger charge is -2.16. The third kappa shape index (κ3) is 3.05. The summed E-state index contributed by atoms with van der Waals surface area (Å²) < 4.78 is 5.25. The molecule has 5 heteroatoms. The Hall–Kier alpha value is -1.59. The van der Waals surface area contributed by atoms with Gasteiger partial charge < -0.3 is 15.0 Å². The van der Waals surface area contributed by atoms with E-state index in [2.05, 4.69) is 22.1 Å². The van der Waals surface area contributed by atoms with Gasteiger partial charge in [0, 0.05) is 35.9 Å². The first-order valence-electron chi connectivity index (χ1n) is 6.16. The third-order valence-electron chi connectivity index (χ3n) is 3.10. The van der Waals surface area contributed by atoms with E-state index >= 15 is 0 Å². The van der Waals surface area contributed by atoms with Gasteiger partial charge in [-0.15, -0.1) is 0 Å². The molecule has 0 fully saturated rings. The molecule has 2 aromatic rings. The minimum atomic E-state index is 0.324. The van der Waals surface area contributed by atoms with Crippen LogP contribution in [-0.2, 0) is 0 Å². The van der Waals surface area contributed by atoms with Crippen molar-refractivity contribution >= 4 is 22.2 Å². The van der Waals surface area contributed by atoms with Gasteiger partial charge in [0.15, 0.2) is 5.13 Å². The van der Waals surface area contributed by atoms with Gasteiger partial charge in [0.2, 0.25) is 0 Å². The van der Waals surface area contributed by atoms with Crippen LogP contribution in [0.4, 0.5) is 10.8 Å². The molecule has 1 aromatic carbocycles. The fourth-order valence-electron chi connectivity index (χ4n) is 1.70. The normalized spacial score (nSPS) is 12.2. The molecule has 0 aliphatic carbocycles. The molecule has 1 unspecified atom stereocenters. The van der Waals surface area contributed by atoms with Crippen molar-refractivity contribution in [3.05, 3.63) is 35.3 Å². The Morgan fingerprint density at radius 1 is 1.42 bits per heavy atom.